The maximum absolute atomic E-state index is 6.19. The summed E-state index contributed by atoms with van der Waals surface area (Å²) in [5.41, 5.74) is 11.4. The molecule has 0 bridgehead atoms. The van der Waals surface area contributed by atoms with Gasteiger partial charge in [0.2, 0.25) is 0 Å². The Kier molecular flexibility index (Phi) is 3.69. The lowest BCUT2D eigenvalue weighted by atomic mass is 10.1. The molecule has 0 fully saturated rings. The van der Waals surface area contributed by atoms with Gasteiger partial charge in [-0.2, -0.15) is 5.10 Å². The number of thiophene rings is 1. The Bertz CT molecular complexity index is 800. The molecule has 0 radical (unpaired) electrons. The van der Waals surface area contributed by atoms with Gasteiger partial charge in [-0.15, -0.1) is 11.3 Å². The first kappa shape index (κ1) is 14.4. The molecular weight excluding hydrogens is 325 g/mol. The molecule has 0 saturated carbocycles. The number of hydrogen-bond acceptors (Lipinski definition) is 3. The van der Waals surface area contributed by atoms with Crippen molar-refractivity contribution in [1.82, 2.24) is 9.78 Å². The van der Waals surface area contributed by atoms with Gasteiger partial charge in [-0.3, -0.25) is 0 Å². The van der Waals surface area contributed by atoms with Crippen LogP contribution in [0.3, 0.4) is 0 Å². The van der Waals surface area contributed by atoms with Crippen LogP contribution in [-0.2, 0) is 0 Å². The van der Waals surface area contributed by atoms with Crippen molar-refractivity contribution in [2.75, 3.05) is 5.73 Å². The van der Waals surface area contributed by atoms with Gasteiger partial charge in [-0.05, 0) is 43.2 Å². The molecule has 21 heavy (non-hydrogen) atoms. The zero-order valence-electron chi connectivity index (χ0n) is 11.5. The summed E-state index contributed by atoms with van der Waals surface area (Å²) in [4.78, 5) is 0. The van der Waals surface area contributed by atoms with E-state index < -0.39 is 0 Å². The van der Waals surface area contributed by atoms with Gasteiger partial charge in [0.25, 0.3) is 0 Å². The molecule has 3 nitrogen and oxygen atoms in total. The van der Waals surface area contributed by atoms with E-state index in [4.69, 9.17) is 28.9 Å². The first-order chi connectivity index (χ1) is 9.94. The summed E-state index contributed by atoms with van der Waals surface area (Å²) in [5, 5.41) is 4.56. The van der Waals surface area contributed by atoms with Crippen LogP contribution in [0.5, 0.6) is 0 Å². The molecule has 2 aromatic heterocycles. The van der Waals surface area contributed by atoms with Gasteiger partial charge < -0.3 is 5.73 Å². The van der Waals surface area contributed by atoms with Gasteiger partial charge in [0.1, 0.15) is 10.0 Å². The van der Waals surface area contributed by atoms with Crippen LogP contribution in [0.1, 0.15) is 11.1 Å². The molecule has 3 rings (SSSR count). The van der Waals surface area contributed by atoms with E-state index in [1.807, 2.05) is 0 Å². The van der Waals surface area contributed by atoms with Gasteiger partial charge in [-0.25, -0.2) is 4.68 Å². The number of rotatable bonds is 2. The van der Waals surface area contributed by atoms with Crippen LogP contribution < -0.4 is 5.73 Å². The summed E-state index contributed by atoms with van der Waals surface area (Å²) in [6, 6.07) is 8.03. The van der Waals surface area contributed by atoms with Crippen LogP contribution in [0.4, 0.5) is 5.69 Å². The van der Waals surface area contributed by atoms with Gasteiger partial charge in [-0.1, -0.05) is 29.3 Å². The van der Waals surface area contributed by atoms with E-state index in [1.54, 1.807) is 16.9 Å². The lowest BCUT2D eigenvalue weighted by molar-refractivity contribution is 0.882. The van der Waals surface area contributed by atoms with Crippen LogP contribution in [0.25, 0.3) is 16.9 Å². The largest absolute Gasteiger partial charge is 0.396 e. The molecule has 0 amide bonds. The highest BCUT2D eigenvalue weighted by Gasteiger charge is 2.15. The van der Waals surface area contributed by atoms with Crippen molar-refractivity contribution in [3.63, 3.8) is 0 Å². The number of halogens is 2. The van der Waals surface area contributed by atoms with E-state index in [-0.39, 0.29) is 0 Å². The Balaban J connectivity index is 2.11. The lowest BCUT2D eigenvalue weighted by Crippen LogP contribution is -1.96. The van der Waals surface area contributed by atoms with E-state index in [1.165, 1.54) is 22.5 Å². The topological polar surface area (TPSA) is 43.8 Å². The third kappa shape index (κ3) is 2.79. The summed E-state index contributed by atoms with van der Waals surface area (Å²) >= 11 is 13.5. The minimum absolute atomic E-state index is 0.575. The fraction of sp³-hybridized carbons (Fsp3) is 0.133. The Morgan fingerprint density at radius 2 is 1.76 bits per heavy atom. The first-order valence-electron chi connectivity index (χ1n) is 6.33. The molecule has 0 saturated heterocycles. The smallest absolute Gasteiger partial charge is 0.118 e. The molecule has 0 aliphatic carbocycles. The van der Waals surface area contributed by atoms with Crippen LogP contribution in [-0.4, -0.2) is 9.78 Å². The van der Waals surface area contributed by atoms with Crippen molar-refractivity contribution in [1.29, 1.82) is 0 Å². The number of nitrogen functional groups attached to an aromatic ring is 1. The highest BCUT2D eigenvalue weighted by atomic mass is 35.5. The van der Waals surface area contributed by atoms with Gasteiger partial charge in [0.15, 0.2) is 0 Å². The van der Waals surface area contributed by atoms with Gasteiger partial charge in [0, 0.05) is 5.56 Å². The molecule has 0 atom stereocenters. The van der Waals surface area contributed by atoms with Crippen molar-refractivity contribution in [3.05, 3.63) is 50.3 Å². The third-order valence-electron chi connectivity index (χ3n) is 3.13. The normalized spacial score (nSPS) is 11.0. The van der Waals surface area contributed by atoms with Crippen LogP contribution in [0.2, 0.25) is 8.67 Å². The summed E-state index contributed by atoms with van der Waals surface area (Å²) in [6.45, 7) is 4.11. The van der Waals surface area contributed by atoms with E-state index >= 15 is 0 Å². The fourth-order valence-corrected chi connectivity index (χ4v) is 3.78. The lowest BCUT2D eigenvalue weighted by Gasteiger charge is -2.04. The molecule has 0 aliphatic rings. The number of aryl methyl sites for hydroxylation is 2. The van der Waals surface area contributed by atoms with Crippen molar-refractivity contribution in [2.24, 2.45) is 0 Å². The molecule has 108 valence electrons. The Morgan fingerprint density at radius 1 is 1.10 bits per heavy atom. The first-order valence-corrected chi connectivity index (χ1v) is 7.90. The third-order valence-corrected chi connectivity index (χ3v) is 4.61. The standard InChI is InChI=1S/C15H13Cl2N3S/c1-8-3-9(2)5-10(4-8)20-7-12(18)14(19-20)11-6-13(16)21-15(11)17/h3-7H,18H2,1-2H3. The van der Waals surface area contributed by atoms with Gasteiger partial charge >= 0.3 is 0 Å². The summed E-state index contributed by atoms with van der Waals surface area (Å²) in [5.74, 6) is 0. The van der Waals surface area contributed by atoms with Crippen molar-refractivity contribution in [2.45, 2.75) is 13.8 Å². The summed E-state index contributed by atoms with van der Waals surface area (Å²) in [6.07, 6.45) is 1.80. The zero-order valence-corrected chi connectivity index (χ0v) is 13.9. The highest BCUT2D eigenvalue weighted by molar-refractivity contribution is 7.20. The Labute approximate surface area is 136 Å². The second kappa shape index (κ2) is 5.37. The predicted octanol–water partition coefficient (Wildman–Crippen LogP) is 5.11. The predicted molar refractivity (Wildman–Crippen MR) is 90.8 cm³/mol. The number of nitrogens with two attached hydrogens (primary N) is 1. The Hall–Kier alpha value is -1.49. The molecule has 0 unspecified atom stereocenters. The van der Waals surface area contributed by atoms with E-state index in [0.717, 1.165) is 11.3 Å². The average molecular weight is 338 g/mol. The molecule has 6 heteroatoms. The van der Waals surface area contributed by atoms with Crippen LogP contribution >= 0.6 is 34.5 Å². The molecule has 0 spiro atoms. The molecule has 0 aliphatic heterocycles. The van der Waals surface area contributed by atoms with Crippen molar-refractivity contribution in [3.8, 4) is 16.9 Å². The minimum atomic E-state index is 0.575. The molecular formula is C15H13Cl2N3S. The summed E-state index contributed by atoms with van der Waals surface area (Å²) < 4.78 is 2.99. The quantitative estimate of drug-likeness (QED) is 0.706. The SMILES string of the molecule is Cc1cc(C)cc(-n2cc(N)c(-c3cc(Cl)sc3Cl)n2)c1. The van der Waals surface area contributed by atoms with Crippen LogP contribution in [0.15, 0.2) is 30.5 Å². The average Bonchev–Trinajstić information content (AvgIpc) is 2.91. The fourth-order valence-electron chi connectivity index (χ4n) is 2.31. The van der Waals surface area contributed by atoms with E-state index in [2.05, 4.69) is 37.1 Å². The molecule has 1 aromatic carbocycles. The van der Waals surface area contributed by atoms with Crippen LogP contribution in [0, 0.1) is 13.8 Å². The number of benzene rings is 1. The van der Waals surface area contributed by atoms with Gasteiger partial charge in [0.05, 0.1) is 21.9 Å². The number of aromatic nitrogens is 2. The summed E-state index contributed by atoms with van der Waals surface area (Å²) in [7, 11) is 0. The molecule has 2 N–H and O–H groups in total. The van der Waals surface area contributed by atoms with E-state index in [9.17, 15) is 0 Å². The zero-order chi connectivity index (χ0) is 15.1. The maximum atomic E-state index is 6.19. The van der Waals surface area contributed by atoms with E-state index in [0.29, 0.717) is 20.1 Å². The number of anilines is 1. The highest BCUT2D eigenvalue weighted by Crippen LogP contribution is 2.39. The molecule has 2 heterocycles. The molecule has 3 aromatic rings. The number of nitrogens with zero attached hydrogens (tertiary/aromatic N) is 2. The Morgan fingerprint density at radius 3 is 2.33 bits per heavy atom. The minimum Gasteiger partial charge on any atom is -0.396 e. The monoisotopic (exact) mass is 337 g/mol. The second-order valence-electron chi connectivity index (χ2n) is 4.96. The van der Waals surface area contributed by atoms with Crippen molar-refractivity contribution < 1.29 is 0 Å². The van der Waals surface area contributed by atoms with Crippen molar-refractivity contribution >= 4 is 40.2 Å². The maximum Gasteiger partial charge on any atom is 0.118 e. The number of hydrogen-bond donors (Lipinski definition) is 1. The second-order valence-corrected chi connectivity index (χ2v) is 7.25.